The lowest BCUT2D eigenvalue weighted by Gasteiger charge is -2.38. The quantitative estimate of drug-likeness (QED) is 0.906. The zero-order valence-electron chi connectivity index (χ0n) is 13.0. The molecule has 4 rings (SSSR count). The molecule has 2 atom stereocenters. The molecule has 0 aliphatic heterocycles. The van der Waals surface area contributed by atoms with Crippen LogP contribution in [0.2, 0.25) is 0 Å². The summed E-state index contributed by atoms with van der Waals surface area (Å²) in [4.78, 5) is 0. The molecule has 2 fully saturated rings. The van der Waals surface area contributed by atoms with Crippen molar-refractivity contribution in [3.63, 3.8) is 0 Å². The fourth-order valence-electron chi connectivity index (χ4n) is 3.38. The zero-order chi connectivity index (χ0) is 15.2. The molecule has 0 radical (unpaired) electrons. The molecule has 2 aromatic heterocycles. The molecular formula is C16H23N5O. The molecule has 0 amide bonds. The van der Waals surface area contributed by atoms with E-state index in [0.717, 1.165) is 43.1 Å². The van der Waals surface area contributed by atoms with Crippen LogP contribution in [0.4, 0.5) is 5.82 Å². The number of fused-ring (bicyclic) bond motifs is 1. The number of anilines is 1. The van der Waals surface area contributed by atoms with Crippen LogP contribution in [0.15, 0.2) is 12.1 Å². The lowest BCUT2D eigenvalue weighted by atomic mass is 9.73. The van der Waals surface area contributed by atoms with E-state index >= 15 is 0 Å². The van der Waals surface area contributed by atoms with Crippen molar-refractivity contribution in [2.24, 2.45) is 5.41 Å². The summed E-state index contributed by atoms with van der Waals surface area (Å²) in [6.45, 7) is 2.91. The maximum Gasteiger partial charge on any atom is 0.178 e. The number of aliphatic hydroxyl groups is 1. The van der Waals surface area contributed by atoms with Crippen LogP contribution >= 0.6 is 0 Å². The van der Waals surface area contributed by atoms with Gasteiger partial charge in [-0.1, -0.05) is 19.8 Å². The Labute approximate surface area is 129 Å². The third kappa shape index (κ3) is 2.45. The van der Waals surface area contributed by atoms with Gasteiger partial charge in [-0.05, 0) is 37.8 Å². The van der Waals surface area contributed by atoms with Crippen molar-refractivity contribution in [2.75, 3.05) is 11.9 Å². The maximum absolute atomic E-state index is 10.3. The second kappa shape index (κ2) is 5.19. The molecular weight excluding hydrogens is 278 g/mol. The molecule has 0 saturated heterocycles. The standard InChI is InChI=1S/C16H23N5O/c1-16(9-3-2-4-12(16)22)10-17-13-7-8-14-18-19-15(11-5-6-11)21(14)20-13/h7-8,11-12,22H,2-6,9-10H2,1H3,(H,17,20). The van der Waals surface area contributed by atoms with Gasteiger partial charge in [-0.2, -0.15) is 4.52 Å². The number of nitrogens with zero attached hydrogens (tertiary/aromatic N) is 4. The monoisotopic (exact) mass is 301 g/mol. The largest absolute Gasteiger partial charge is 0.392 e. The second-order valence-electron chi connectivity index (χ2n) is 7.09. The van der Waals surface area contributed by atoms with Gasteiger partial charge in [0.05, 0.1) is 6.10 Å². The van der Waals surface area contributed by atoms with Crippen LogP contribution < -0.4 is 5.32 Å². The molecule has 2 heterocycles. The number of aliphatic hydroxyl groups excluding tert-OH is 1. The van der Waals surface area contributed by atoms with E-state index in [4.69, 9.17) is 0 Å². The van der Waals surface area contributed by atoms with Gasteiger partial charge < -0.3 is 10.4 Å². The van der Waals surface area contributed by atoms with E-state index in [-0.39, 0.29) is 11.5 Å². The molecule has 0 aromatic carbocycles. The number of nitrogens with one attached hydrogen (secondary N) is 1. The Morgan fingerprint density at radius 2 is 2.14 bits per heavy atom. The molecule has 118 valence electrons. The Bertz CT molecular complexity index is 680. The highest BCUT2D eigenvalue weighted by Crippen LogP contribution is 2.39. The van der Waals surface area contributed by atoms with Crippen molar-refractivity contribution in [1.29, 1.82) is 0 Å². The first kappa shape index (κ1) is 13.9. The molecule has 2 aliphatic rings. The van der Waals surface area contributed by atoms with E-state index in [9.17, 15) is 5.11 Å². The number of hydrogen-bond acceptors (Lipinski definition) is 5. The molecule has 2 unspecified atom stereocenters. The normalized spacial score (nSPS) is 28.9. The third-order valence-electron chi connectivity index (χ3n) is 5.18. The Kier molecular flexibility index (Phi) is 3.29. The molecule has 0 spiro atoms. The van der Waals surface area contributed by atoms with Gasteiger partial charge >= 0.3 is 0 Å². The molecule has 2 aromatic rings. The third-order valence-corrected chi connectivity index (χ3v) is 5.18. The smallest absolute Gasteiger partial charge is 0.178 e. The summed E-state index contributed by atoms with van der Waals surface area (Å²) in [5.41, 5.74) is 0.734. The van der Waals surface area contributed by atoms with Crippen LogP contribution in [-0.2, 0) is 0 Å². The van der Waals surface area contributed by atoms with Gasteiger partial charge in [0.25, 0.3) is 0 Å². The summed E-state index contributed by atoms with van der Waals surface area (Å²) in [5.74, 6) is 2.33. The molecule has 2 N–H and O–H groups in total. The van der Waals surface area contributed by atoms with Crippen molar-refractivity contribution in [3.8, 4) is 0 Å². The minimum absolute atomic E-state index is 0.0681. The highest BCUT2D eigenvalue weighted by molar-refractivity contribution is 5.44. The number of hydrogen-bond donors (Lipinski definition) is 2. The average Bonchev–Trinajstić information content (AvgIpc) is 3.28. The molecule has 22 heavy (non-hydrogen) atoms. The Balaban J connectivity index is 1.52. The van der Waals surface area contributed by atoms with E-state index in [1.807, 2.05) is 16.6 Å². The average molecular weight is 301 g/mol. The summed E-state index contributed by atoms with van der Waals surface area (Å²) in [6.07, 6.45) is 6.43. The Morgan fingerprint density at radius 3 is 2.91 bits per heavy atom. The molecule has 2 aliphatic carbocycles. The predicted molar refractivity (Wildman–Crippen MR) is 83.8 cm³/mol. The highest BCUT2D eigenvalue weighted by atomic mass is 16.3. The van der Waals surface area contributed by atoms with Crippen LogP contribution in [0.1, 0.15) is 57.2 Å². The summed E-state index contributed by atoms with van der Waals surface area (Å²) in [5, 5.41) is 26.8. The van der Waals surface area contributed by atoms with Crippen molar-refractivity contribution >= 4 is 11.5 Å². The summed E-state index contributed by atoms with van der Waals surface area (Å²) < 4.78 is 1.86. The number of rotatable bonds is 4. The van der Waals surface area contributed by atoms with Crippen LogP contribution in [0.5, 0.6) is 0 Å². The van der Waals surface area contributed by atoms with Gasteiger partial charge in [-0.15, -0.1) is 15.3 Å². The molecule has 6 heteroatoms. The zero-order valence-corrected chi connectivity index (χ0v) is 13.0. The topological polar surface area (TPSA) is 75.3 Å². The fraction of sp³-hybridized carbons (Fsp3) is 0.688. The minimum Gasteiger partial charge on any atom is -0.392 e. The van der Waals surface area contributed by atoms with E-state index in [1.165, 1.54) is 19.3 Å². The predicted octanol–water partition coefficient (Wildman–Crippen LogP) is 2.35. The maximum atomic E-state index is 10.3. The van der Waals surface area contributed by atoms with Crippen LogP contribution in [0.3, 0.4) is 0 Å². The van der Waals surface area contributed by atoms with E-state index in [1.54, 1.807) is 0 Å². The lowest BCUT2D eigenvalue weighted by molar-refractivity contribution is 0.00957. The molecule has 0 bridgehead atoms. The Hall–Kier alpha value is -1.69. The van der Waals surface area contributed by atoms with Crippen LogP contribution in [0, 0.1) is 5.41 Å². The van der Waals surface area contributed by atoms with Gasteiger partial charge in [0.2, 0.25) is 0 Å². The van der Waals surface area contributed by atoms with Crippen LogP contribution in [0.25, 0.3) is 5.65 Å². The first-order valence-electron chi connectivity index (χ1n) is 8.30. The van der Waals surface area contributed by atoms with Crippen molar-refractivity contribution in [1.82, 2.24) is 19.8 Å². The lowest BCUT2D eigenvalue weighted by Crippen LogP contribution is -2.41. The van der Waals surface area contributed by atoms with Gasteiger partial charge in [0.1, 0.15) is 5.82 Å². The van der Waals surface area contributed by atoms with Crippen LogP contribution in [-0.4, -0.2) is 37.6 Å². The summed E-state index contributed by atoms with van der Waals surface area (Å²) in [7, 11) is 0. The van der Waals surface area contributed by atoms with Gasteiger partial charge in [-0.3, -0.25) is 0 Å². The van der Waals surface area contributed by atoms with E-state index < -0.39 is 0 Å². The van der Waals surface area contributed by atoms with Crippen molar-refractivity contribution in [2.45, 2.75) is 57.5 Å². The van der Waals surface area contributed by atoms with Crippen molar-refractivity contribution < 1.29 is 5.11 Å². The molecule has 2 saturated carbocycles. The van der Waals surface area contributed by atoms with E-state index in [0.29, 0.717) is 5.92 Å². The second-order valence-corrected chi connectivity index (χ2v) is 7.09. The van der Waals surface area contributed by atoms with Gasteiger partial charge in [-0.25, -0.2) is 0 Å². The van der Waals surface area contributed by atoms with E-state index in [2.05, 4.69) is 27.5 Å². The summed E-state index contributed by atoms with van der Waals surface area (Å²) in [6, 6.07) is 3.90. The van der Waals surface area contributed by atoms with Gasteiger partial charge in [0, 0.05) is 17.9 Å². The first-order chi connectivity index (χ1) is 10.7. The first-order valence-corrected chi connectivity index (χ1v) is 8.30. The Morgan fingerprint density at radius 1 is 1.27 bits per heavy atom. The fourth-order valence-corrected chi connectivity index (χ4v) is 3.38. The number of aromatic nitrogens is 4. The SMILES string of the molecule is CC1(CNc2ccc3nnc(C4CC4)n3n2)CCCCC1O. The van der Waals surface area contributed by atoms with Gasteiger partial charge in [0.15, 0.2) is 11.5 Å². The van der Waals surface area contributed by atoms with Crippen molar-refractivity contribution in [3.05, 3.63) is 18.0 Å². The summed E-state index contributed by atoms with van der Waals surface area (Å²) >= 11 is 0. The molecule has 6 nitrogen and oxygen atoms in total. The highest BCUT2D eigenvalue weighted by Gasteiger charge is 2.35. The minimum atomic E-state index is -0.227.